The van der Waals surface area contributed by atoms with Crippen molar-refractivity contribution in [3.63, 3.8) is 0 Å². The Morgan fingerprint density at radius 3 is 2.24 bits per heavy atom. The highest BCUT2D eigenvalue weighted by atomic mass is 19.4. The van der Waals surface area contributed by atoms with Crippen LogP contribution in [0.1, 0.15) is 58.3 Å². The summed E-state index contributed by atoms with van der Waals surface area (Å²) in [6.45, 7) is 2.83. The predicted molar refractivity (Wildman–Crippen MR) is 110 cm³/mol. The van der Waals surface area contributed by atoms with E-state index in [0.29, 0.717) is 38.8 Å². The molecule has 8 atom stereocenters. The van der Waals surface area contributed by atoms with E-state index < -0.39 is 54.9 Å². The zero-order valence-electron chi connectivity index (χ0n) is 18.8. The van der Waals surface area contributed by atoms with Crippen LogP contribution >= 0.6 is 0 Å². The molecule has 4 rings (SSSR count). The number of halogens is 6. The van der Waals surface area contributed by atoms with Gasteiger partial charge < -0.3 is 10.1 Å². The highest BCUT2D eigenvalue weighted by Crippen LogP contribution is 2.41. The van der Waals surface area contributed by atoms with Crippen molar-refractivity contribution < 1.29 is 31.1 Å². The molecule has 0 aromatic heterocycles. The highest BCUT2D eigenvalue weighted by Gasteiger charge is 2.56. The number of ether oxygens (including phenoxy) is 1. The van der Waals surface area contributed by atoms with Gasteiger partial charge in [0.1, 0.15) is 12.5 Å². The van der Waals surface area contributed by atoms with Gasteiger partial charge in [0, 0.05) is 12.1 Å². The summed E-state index contributed by atoms with van der Waals surface area (Å²) in [7, 11) is 0. The number of rotatable bonds is 2. The molecule has 4 saturated heterocycles. The van der Waals surface area contributed by atoms with Crippen LogP contribution in [0.15, 0.2) is 0 Å². The molecular formula is C21H35F6N5O. The Morgan fingerprint density at radius 1 is 0.879 bits per heavy atom. The molecule has 0 saturated carbocycles. The molecule has 192 valence electrons. The minimum Gasteiger partial charge on any atom is -0.340 e. The van der Waals surface area contributed by atoms with Gasteiger partial charge in [-0.15, -0.1) is 0 Å². The number of nitrogens with one attached hydrogen (secondary N) is 4. The lowest BCUT2D eigenvalue weighted by Gasteiger charge is -2.49. The molecule has 0 aliphatic carbocycles. The van der Waals surface area contributed by atoms with Crippen LogP contribution < -0.4 is 21.5 Å². The normalized spacial score (nSPS) is 41.5. The summed E-state index contributed by atoms with van der Waals surface area (Å²) in [5.74, 6) is -3.25. The molecule has 0 radical (unpaired) electrons. The Hall–Kier alpha value is -0.660. The number of fused-ring (bicyclic) bond motifs is 7. The van der Waals surface area contributed by atoms with Crippen LogP contribution in [0.3, 0.4) is 0 Å². The topological polar surface area (TPSA) is 60.6 Å². The molecule has 4 heterocycles. The quantitative estimate of drug-likeness (QED) is 0.449. The second kappa shape index (κ2) is 10.1. The molecule has 4 bridgehead atoms. The van der Waals surface area contributed by atoms with Crippen LogP contribution in [0.2, 0.25) is 0 Å². The van der Waals surface area contributed by atoms with Crippen molar-refractivity contribution in [2.45, 2.75) is 107 Å². The van der Waals surface area contributed by atoms with E-state index in [0.717, 1.165) is 12.8 Å². The highest BCUT2D eigenvalue weighted by molar-refractivity contribution is 5.03. The summed E-state index contributed by atoms with van der Waals surface area (Å²) < 4.78 is 89.6. The Balaban J connectivity index is 1.64. The van der Waals surface area contributed by atoms with E-state index in [9.17, 15) is 26.3 Å². The van der Waals surface area contributed by atoms with Crippen molar-refractivity contribution in [3.8, 4) is 0 Å². The molecule has 33 heavy (non-hydrogen) atoms. The van der Waals surface area contributed by atoms with Gasteiger partial charge >= 0.3 is 12.4 Å². The van der Waals surface area contributed by atoms with Gasteiger partial charge in [0.25, 0.3) is 0 Å². The van der Waals surface area contributed by atoms with Gasteiger partial charge in [-0.1, -0.05) is 26.2 Å². The van der Waals surface area contributed by atoms with Crippen molar-refractivity contribution in [2.24, 2.45) is 11.8 Å². The average molecular weight is 488 g/mol. The maximum absolute atomic E-state index is 14.2. The first-order valence-corrected chi connectivity index (χ1v) is 12.1. The first-order chi connectivity index (χ1) is 15.6. The second-order valence-corrected chi connectivity index (χ2v) is 9.77. The van der Waals surface area contributed by atoms with E-state index >= 15 is 0 Å². The van der Waals surface area contributed by atoms with Crippen molar-refractivity contribution >= 4 is 0 Å². The van der Waals surface area contributed by atoms with Gasteiger partial charge in [0.2, 0.25) is 0 Å². The summed E-state index contributed by atoms with van der Waals surface area (Å²) in [6, 6.07) is -1.22. The molecule has 4 aliphatic rings. The third-order valence-corrected chi connectivity index (χ3v) is 7.68. The SMILES string of the molecule is CCNC1CC(C(F)(F)F)C2NC1C1NNC(O1)[C@@H](C(F)(F)F)CCCCC[C@@H]1CCCN21. The number of alkyl halides is 6. The molecule has 0 amide bonds. The monoisotopic (exact) mass is 487 g/mol. The molecule has 0 spiro atoms. The Labute approximate surface area is 190 Å². The van der Waals surface area contributed by atoms with Gasteiger partial charge in [-0.2, -0.15) is 26.3 Å². The summed E-state index contributed by atoms with van der Waals surface area (Å²) in [5.41, 5.74) is 5.45. The third kappa shape index (κ3) is 5.61. The summed E-state index contributed by atoms with van der Waals surface area (Å²) in [6.07, 6.45) is -8.03. The summed E-state index contributed by atoms with van der Waals surface area (Å²) >= 11 is 0. The lowest BCUT2D eigenvalue weighted by Crippen LogP contribution is -2.71. The number of hydrazine groups is 1. The maximum Gasteiger partial charge on any atom is 0.395 e. The number of piperidine rings is 1. The van der Waals surface area contributed by atoms with E-state index in [1.54, 1.807) is 6.92 Å². The molecule has 0 aromatic carbocycles. The minimum atomic E-state index is -4.43. The van der Waals surface area contributed by atoms with Crippen LogP contribution in [0.4, 0.5) is 26.3 Å². The van der Waals surface area contributed by atoms with E-state index in [-0.39, 0.29) is 18.9 Å². The zero-order valence-corrected chi connectivity index (χ0v) is 18.8. The number of hydrogen-bond donors (Lipinski definition) is 4. The molecule has 4 N–H and O–H groups in total. The van der Waals surface area contributed by atoms with Crippen molar-refractivity contribution in [3.05, 3.63) is 0 Å². The van der Waals surface area contributed by atoms with Gasteiger partial charge in [-0.05, 0) is 45.2 Å². The molecule has 6 unspecified atom stereocenters. The van der Waals surface area contributed by atoms with Crippen LogP contribution in [-0.2, 0) is 4.74 Å². The number of likely N-dealkylation sites (N-methyl/N-ethyl adjacent to an activating group) is 1. The fourth-order valence-electron chi connectivity index (χ4n) is 6.09. The number of hydrogen-bond acceptors (Lipinski definition) is 6. The Morgan fingerprint density at radius 2 is 1.55 bits per heavy atom. The van der Waals surface area contributed by atoms with Crippen LogP contribution in [0, 0.1) is 11.8 Å². The van der Waals surface area contributed by atoms with Gasteiger partial charge in [0.05, 0.1) is 24.0 Å². The van der Waals surface area contributed by atoms with Gasteiger partial charge in [-0.3, -0.25) is 10.2 Å². The van der Waals surface area contributed by atoms with Crippen molar-refractivity contribution in [2.75, 3.05) is 13.1 Å². The van der Waals surface area contributed by atoms with Gasteiger partial charge in [-0.25, -0.2) is 10.9 Å². The number of nitrogens with zero attached hydrogens (tertiary/aromatic N) is 1. The zero-order chi connectivity index (χ0) is 23.8. The summed E-state index contributed by atoms with van der Waals surface area (Å²) in [4.78, 5) is 1.96. The molecular weight excluding hydrogens is 452 g/mol. The smallest absolute Gasteiger partial charge is 0.340 e. The fraction of sp³-hybridized carbons (Fsp3) is 1.00. The molecule has 12 heteroatoms. The van der Waals surface area contributed by atoms with E-state index in [1.807, 2.05) is 4.90 Å². The third-order valence-electron chi connectivity index (χ3n) is 7.68. The first-order valence-electron chi connectivity index (χ1n) is 12.1. The van der Waals surface area contributed by atoms with Crippen molar-refractivity contribution in [1.29, 1.82) is 0 Å². The second-order valence-electron chi connectivity index (χ2n) is 9.77. The summed E-state index contributed by atoms with van der Waals surface area (Å²) in [5, 5.41) is 6.30. The van der Waals surface area contributed by atoms with E-state index in [2.05, 4.69) is 21.5 Å². The first kappa shape index (κ1) is 25.4. The van der Waals surface area contributed by atoms with E-state index in [1.165, 1.54) is 0 Å². The minimum absolute atomic E-state index is 0.00775. The lowest BCUT2D eigenvalue weighted by molar-refractivity contribution is -0.220. The van der Waals surface area contributed by atoms with E-state index in [4.69, 9.17) is 4.74 Å². The fourth-order valence-corrected chi connectivity index (χ4v) is 6.09. The van der Waals surface area contributed by atoms with Crippen LogP contribution in [0.25, 0.3) is 0 Å². The molecule has 4 aliphatic heterocycles. The Bertz CT molecular complexity index is 650. The molecule has 6 nitrogen and oxygen atoms in total. The largest absolute Gasteiger partial charge is 0.395 e. The van der Waals surface area contributed by atoms with Crippen LogP contribution in [0.5, 0.6) is 0 Å². The lowest BCUT2D eigenvalue weighted by atomic mass is 9.84. The predicted octanol–water partition coefficient (Wildman–Crippen LogP) is 3.21. The average Bonchev–Trinajstić information content (AvgIpc) is 3.38. The van der Waals surface area contributed by atoms with Crippen LogP contribution in [-0.4, -0.2) is 67.1 Å². The standard InChI is InChI=1S/C21H35F6N5O/c1-2-28-15-11-14(21(25,26)27)17-29-16(15)19-31-30-18(33-19)13(20(22,23)24)9-5-3-4-7-12-8-6-10-32(12)17/h12-19,28-31H,2-11H2,1H3/t12-,13+,14?,15?,16?,17?,18?,19?/m1/s1. The maximum atomic E-state index is 14.2. The van der Waals surface area contributed by atoms with Crippen molar-refractivity contribution in [1.82, 2.24) is 26.4 Å². The molecule has 4 fully saturated rings. The Kier molecular flexibility index (Phi) is 7.81. The van der Waals surface area contributed by atoms with Gasteiger partial charge in [0.15, 0.2) is 0 Å². The molecule has 0 aromatic rings.